The Labute approximate surface area is 242 Å². The monoisotopic (exact) mass is 611 g/mol. The highest BCUT2D eigenvalue weighted by molar-refractivity contribution is 5.88. The molecule has 2 aromatic carbocycles. The molecule has 16 heteroatoms. The molecule has 11 N–H and O–H groups in total. The maximum absolute atomic E-state index is 10.9. The SMILES string of the molecule is OC[C@@H]1O[C@H](O[C@@H]2[C@@H](Oc3cc4c(O)cc(O)cc4[o+]c3-c3ccc(O)c(O)c3)O[C@@H](CO)[C@H](O)[C@H]2O)[C@@H](O)[C@H](O)[C@H]1O. The molecule has 3 heterocycles. The van der Waals surface area contributed by atoms with Crippen molar-refractivity contribution in [1.29, 1.82) is 0 Å². The van der Waals surface area contributed by atoms with Crippen LogP contribution in [0.1, 0.15) is 0 Å². The van der Waals surface area contributed by atoms with Crippen LogP contribution in [0.2, 0.25) is 0 Å². The molecule has 0 unspecified atom stereocenters. The van der Waals surface area contributed by atoms with E-state index in [0.29, 0.717) is 0 Å². The highest BCUT2D eigenvalue weighted by Gasteiger charge is 2.51. The minimum Gasteiger partial charge on any atom is -0.507 e. The van der Waals surface area contributed by atoms with Crippen LogP contribution in [-0.2, 0) is 14.2 Å². The summed E-state index contributed by atoms with van der Waals surface area (Å²) >= 11 is 0. The summed E-state index contributed by atoms with van der Waals surface area (Å²) in [6, 6.07) is 7.08. The summed E-state index contributed by atoms with van der Waals surface area (Å²) in [6.07, 6.45) is -17.1. The van der Waals surface area contributed by atoms with Crippen LogP contribution in [0, 0.1) is 0 Å². The second-order valence-electron chi connectivity index (χ2n) is 10.1. The first-order valence-corrected chi connectivity index (χ1v) is 13.0. The van der Waals surface area contributed by atoms with Crippen LogP contribution in [0.25, 0.3) is 22.3 Å². The minimum atomic E-state index is -1.89. The van der Waals surface area contributed by atoms with E-state index in [9.17, 15) is 56.2 Å². The Morgan fingerprint density at radius 2 is 1.33 bits per heavy atom. The predicted molar refractivity (Wildman–Crippen MR) is 140 cm³/mol. The zero-order chi connectivity index (χ0) is 31.2. The van der Waals surface area contributed by atoms with E-state index in [-0.39, 0.29) is 33.8 Å². The lowest BCUT2D eigenvalue weighted by molar-refractivity contribution is -0.357. The number of phenols is 4. The third-order valence-electron chi connectivity index (χ3n) is 7.26. The lowest BCUT2D eigenvalue weighted by Gasteiger charge is -2.45. The Kier molecular flexibility index (Phi) is 8.77. The molecule has 0 bridgehead atoms. The molecule has 43 heavy (non-hydrogen) atoms. The van der Waals surface area contributed by atoms with Crippen LogP contribution >= 0.6 is 0 Å². The molecule has 16 nitrogen and oxygen atoms in total. The first-order chi connectivity index (χ1) is 20.4. The van der Waals surface area contributed by atoms with Gasteiger partial charge < -0.3 is 75.1 Å². The van der Waals surface area contributed by atoms with Gasteiger partial charge in [0.2, 0.25) is 12.0 Å². The van der Waals surface area contributed by atoms with Crippen LogP contribution in [-0.4, -0.2) is 131 Å². The Bertz CT molecular complexity index is 1450. The molecule has 2 fully saturated rings. The van der Waals surface area contributed by atoms with E-state index in [0.717, 1.165) is 18.2 Å². The molecule has 3 aromatic rings. The number of hydrogen-bond acceptors (Lipinski definition) is 15. The van der Waals surface area contributed by atoms with Crippen LogP contribution < -0.4 is 4.74 Å². The maximum Gasteiger partial charge on any atom is 0.402 e. The molecule has 0 radical (unpaired) electrons. The van der Waals surface area contributed by atoms with Crippen LogP contribution in [0.5, 0.6) is 28.7 Å². The zero-order valence-electron chi connectivity index (χ0n) is 22.1. The lowest BCUT2D eigenvalue weighted by Crippen LogP contribution is -2.65. The molecule has 2 aliphatic rings. The number of benzene rings is 2. The quantitative estimate of drug-likeness (QED) is 0.104. The van der Waals surface area contributed by atoms with Gasteiger partial charge in [0.05, 0.1) is 24.8 Å². The number of hydrogen-bond donors (Lipinski definition) is 11. The Balaban J connectivity index is 1.57. The van der Waals surface area contributed by atoms with Gasteiger partial charge in [-0.05, 0) is 12.1 Å². The van der Waals surface area contributed by atoms with Crippen LogP contribution in [0.4, 0.5) is 0 Å². The molecule has 0 aliphatic carbocycles. The Hall–Kier alpha value is -3.55. The summed E-state index contributed by atoms with van der Waals surface area (Å²) in [7, 11) is 0. The van der Waals surface area contributed by atoms with Crippen molar-refractivity contribution >= 4 is 11.0 Å². The number of fused-ring (bicyclic) bond motifs is 1. The summed E-state index contributed by atoms with van der Waals surface area (Å²) in [5.74, 6) is -2.13. The number of aliphatic hydroxyl groups is 7. The van der Waals surface area contributed by atoms with Crippen molar-refractivity contribution < 1.29 is 79.5 Å². The summed E-state index contributed by atoms with van der Waals surface area (Å²) in [6.45, 7) is -1.56. The highest BCUT2D eigenvalue weighted by Crippen LogP contribution is 2.42. The average Bonchev–Trinajstić information content (AvgIpc) is 2.98. The fourth-order valence-electron chi connectivity index (χ4n) is 4.89. The predicted octanol–water partition coefficient (Wildman–Crippen LogP) is -1.79. The van der Waals surface area contributed by atoms with E-state index in [4.69, 9.17) is 23.4 Å². The maximum atomic E-state index is 10.9. The van der Waals surface area contributed by atoms with Gasteiger partial charge in [-0.3, -0.25) is 0 Å². The normalized spacial score (nSPS) is 33.0. The fourth-order valence-corrected chi connectivity index (χ4v) is 4.89. The molecular weight excluding hydrogens is 580 g/mol. The molecule has 234 valence electrons. The van der Waals surface area contributed by atoms with Gasteiger partial charge in [-0.15, -0.1) is 0 Å². The Morgan fingerprint density at radius 3 is 1.98 bits per heavy atom. The van der Waals surface area contributed by atoms with Gasteiger partial charge in [-0.1, -0.05) is 0 Å². The van der Waals surface area contributed by atoms with Gasteiger partial charge in [0.1, 0.15) is 59.6 Å². The van der Waals surface area contributed by atoms with Crippen molar-refractivity contribution in [3.8, 4) is 40.1 Å². The number of phenolic OH excluding ortho intramolecular Hbond substituents is 4. The van der Waals surface area contributed by atoms with E-state index < -0.39 is 91.9 Å². The largest absolute Gasteiger partial charge is 0.507 e. The number of aliphatic hydroxyl groups excluding tert-OH is 7. The van der Waals surface area contributed by atoms with Crippen molar-refractivity contribution in [2.24, 2.45) is 0 Å². The zero-order valence-corrected chi connectivity index (χ0v) is 22.1. The molecule has 2 aliphatic heterocycles. The molecule has 0 spiro atoms. The second-order valence-corrected chi connectivity index (χ2v) is 10.1. The summed E-state index contributed by atoms with van der Waals surface area (Å²) in [5, 5.41) is 112. The van der Waals surface area contributed by atoms with Crippen LogP contribution in [0.15, 0.2) is 40.8 Å². The third-order valence-corrected chi connectivity index (χ3v) is 7.26. The van der Waals surface area contributed by atoms with Crippen molar-refractivity contribution in [2.75, 3.05) is 13.2 Å². The number of aromatic hydroxyl groups is 4. The third kappa shape index (κ3) is 5.85. The van der Waals surface area contributed by atoms with Crippen LogP contribution in [0.3, 0.4) is 0 Å². The van der Waals surface area contributed by atoms with Gasteiger partial charge in [0, 0.05) is 18.2 Å². The van der Waals surface area contributed by atoms with Crippen molar-refractivity contribution in [3.63, 3.8) is 0 Å². The lowest BCUT2D eigenvalue weighted by atomic mass is 9.97. The highest BCUT2D eigenvalue weighted by atomic mass is 16.8. The van der Waals surface area contributed by atoms with E-state index in [1.807, 2.05) is 0 Å². The van der Waals surface area contributed by atoms with Crippen molar-refractivity contribution in [3.05, 3.63) is 36.4 Å². The summed E-state index contributed by atoms with van der Waals surface area (Å²) < 4.78 is 28.6. The van der Waals surface area contributed by atoms with Gasteiger partial charge in [-0.2, -0.15) is 0 Å². The average molecular weight is 612 g/mol. The van der Waals surface area contributed by atoms with E-state index in [1.165, 1.54) is 18.2 Å². The standard InChI is InChI=1S/C27H30O16/c28-7-17-19(34)21(36)23(38)26(41-17)43-25-22(37)20(35)18(8-29)42-27(25)40-16-6-11-13(32)4-10(30)5-15(11)39-24(16)9-1-2-12(31)14(33)3-9/h1-6,17-23,25-29,34-38H,7-8H2,(H3-,30,31,32,33)/p+1/t17-,18-,19-,20-,21+,22+,23-,25-,26+,27-/m0/s1. The Morgan fingerprint density at radius 1 is 0.674 bits per heavy atom. The minimum absolute atomic E-state index is 0.0288. The first kappa shape index (κ1) is 30.9. The summed E-state index contributed by atoms with van der Waals surface area (Å²) in [5.41, 5.74) is 0.0892. The molecule has 0 amide bonds. The molecule has 0 saturated carbocycles. The van der Waals surface area contributed by atoms with E-state index in [1.54, 1.807) is 0 Å². The topological polar surface area (TPSA) is 271 Å². The van der Waals surface area contributed by atoms with Gasteiger partial charge >= 0.3 is 11.3 Å². The molecule has 5 rings (SSSR count). The van der Waals surface area contributed by atoms with Gasteiger partial charge in [-0.25, -0.2) is 4.42 Å². The van der Waals surface area contributed by atoms with Gasteiger partial charge in [0.15, 0.2) is 23.9 Å². The second kappa shape index (κ2) is 12.2. The van der Waals surface area contributed by atoms with Gasteiger partial charge in [0.25, 0.3) is 0 Å². The molecule has 2 saturated heterocycles. The number of rotatable bonds is 7. The fraction of sp³-hybridized carbons (Fsp3) is 0.444. The molecule has 1 aromatic heterocycles. The molecule has 10 atom stereocenters. The summed E-state index contributed by atoms with van der Waals surface area (Å²) in [4.78, 5) is 0. The first-order valence-electron chi connectivity index (χ1n) is 13.0. The van der Waals surface area contributed by atoms with E-state index in [2.05, 4.69) is 0 Å². The molecular formula is C27H31O16+. The van der Waals surface area contributed by atoms with E-state index >= 15 is 0 Å². The van der Waals surface area contributed by atoms with Crippen molar-refractivity contribution in [2.45, 2.75) is 61.4 Å². The van der Waals surface area contributed by atoms with Crippen molar-refractivity contribution in [1.82, 2.24) is 0 Å². The smallest absolute Gasteiger partial charge is 0.402 e. The number of ether oxygens (including phenoxy) is 4.